The molecular formula is C11H17ClN2. The van der Waals surface area contributed by atoms with E-state index in [4.69, 9.17) is 17.3 Å². The highest BCUT2D eigenvalue weighted by atomic mass is 35.5. The average molecular weight is 213 g/mol. The Bertz CT molecular complexity index is 258. The van der Waals surface area contributed by atoms with E-state index in [0.717, 1.165) is 12.0 Å². The monoisotopic (exact) mass is 212 g/mol. The van der Waals surface area contributed by atoms with Gasteiger partial charge in [0, 0.05) is 12.2 Å². The Labute approximate surface area is 90.5 Å². The summed E-state index contributed by atoms with van der Waals surface area (Å²) < 4.78 is 0. The van der Waals surface area contributed by atoms with Crippen molar-refractivity contribution in [2.45, 2.75) is 38.6 Å². The van der Waals surface area contributed by atoms with Gasteiger partial charge in [-0.05, 0) is 18.1 Å². The lowest BCUT2D eigenvalue weighted by atomic mass is 10.0. The first-order valence-electron chi connectivity index (χ1n) is 5.11. The molecule has 1 heterocycles. The third kappa shape index (κ3) is 3.64. The molecule has 0 aliphatic carbocycles. The van der Waals surface area contributed by atoms with Gasteiger partial charge in [-0.1, -0.05) is 43.9 Å². The molecular weight excluding hydrogens is 196 g/mol. The zero-order valence-corrected chi connectivity index (χ0v) is 9.30. The maximum Gasteiger partial charge on any atom is 0.129 e. The van der Waals surface area contributed by atoms with Crippen LogP contribution in [0.2, 0.25) is 5.15 Å². The fourth-order valence-corrected chi connectivity index (χ4v) is 1.50. The second-order valence-electron chi connectivity index (χ2n) is 3.52. The number of rotatable bonds is 5. The largest absolute Gasteiger partial charge is 0.324 e. The molecule has 0 bridgehead atoms. The Hall–Kier alpha value is -0.600. The van der Waals surface area contributed by atoms with E-state index in [0.29, 0.717) is 5.15 Å². The molecule has 78 valence electrons. The standard InChI is InChI=1S/C11H17ClN2/c1-2-3-4-5-10(13)9-6-7-11(12)14-8-9/h6-8,10H,2-5,13H2,1H3/t10-/m1/s1. The van der Waals surface area contributed by atoms with Crippen LogP contribution in [0, 0.1) is 0 Å². The van der Waals surface area contributed by atoms with Crippen molar-refractivity contribution in [3.8, 4) is 0 Å². The third-order valence-corrected chi connectivity index (χ3v) is 2.52. The average Bonchev–Trinajstić information content (AvgIpc) is 2.19. The zero-order valence-electron chi connectivity index (χ0n) is 8.54. The molecule has 14 heavy (non-hydrogen) atoms. The molecule has 0 amide bonds. The van der Waals surface area contributed by atoms with E-state index >= 15 is 0 Å². The summed E-state index contributed by atoms with van der Waals surface area (Å²) in [6.07, 6.45) is 6.44. The summed E-state index contributed by atoms with van der Waals surface area (Å²) in [6.45, 7) is 2.19. The Balaban J connectivity index is 2.43. The molecule has 2 nitrogen and oxygen atoms in total. The molecule has 0 unspecified atom stereocenters. The van der Waals surface area contributed by atoms with Crippen LogP contribution in [-0.4, -0.2) is 4.98 Å². The predicted octanol–water partition coefficient (Wildman–Crippen LogP) is 3.32. The fraction of sp³-hybridized carbons (Fsp3) is 0.545. The van der Waals surface area contributed by atoms with Gasteiger partial charge in [-0.15, -0.1) is 0 Å². The van der Waals surface area contributed by atoms with Crippen molar-refractivity contribution >= 4 is 11.6 Å². The maximum atomic E-state index is 6.00. The van der Waals surface area contributed by atoms with Gasteiger partial charge in [0.2, 0.25) is 0 Å². The number of pyridine rings is 1. The van der Waals surface area contributed by atoms with Crippen molar-refractivity contribution in [2.24, 2.45) is 5.73 Å². The van der Waals surface area contributed by atoms with Gasteiger partial charge in [0.25, 0.3) is 0 Å². The minimum Gasteiger partial charge on any atom is -0.324 e. The quantitative estimate of drug-likeness (QED) is 0.601. The van der Waals surface area contributed by atoms with Crippen LogP contribution in [0.15, 0.2) is 18.3 Å². The summed E-state index contributed by atoms with van der Waals surface area (Å²) in [7, 11) is 0. The molecule has 1 aromatic heterocycles. The smallest absolute Gasteiger partial charge is 0.129 e. The highest BCUT2D eigenvalue weighted by Crippen LogP contribution is 2.17. The van der Waals surface area contributed by atoms with Crippen LogP contribution in [0.5, 0.6) is 0 Å². The van der Waals surface area contributed by atoms with E-state index in [9.17, 15) is 0 Å². The van der Waals surface area contributed by atoms with E-state index < -0.39 is 0 Å². The molecule has 0 spiro atoms. The lowest BCUT2D eigenvalue weighted by Gasteiger charge is -2.10. The van der Waals surface area contributed by atoms with Crippen LogP contribution < -0.4 is 5.73 Å². The van der Waals surface area contributed by atoms with E-state index in [-0.39, 0.29) is 6.04 Å². The zero-order chi connectivity index (χ0) is 10.4. The molecule has 1 rings (SSSR count). The van der Waals surface area contributed by atoms with E-state index in [1.54, 1.807) is 12.3 Å². The SMILES string of the molecule is CCCCC[C@@H](N)c1ccc(Cl)nc1. The lowest BCUT2D eigenvalue weighted by Crippen LogP contribution is -2.10. The molecule has 3 heteroatoms. The van der Waals surface area contributed by atoms with Crippen molar-refractivity contribution in [1.82, 2.24) is 4.98 Å². The maximum absolute atomic E-state index is 6.00. The number of unbranched alkanes of at least 4 members (excludes halogenated alkanes) is 2. The van der Waals surface area contributed by atoms with Crippen LogP contribution in [0.1, 0.15) is 44.2 Å². The van der Waals surface area contributed by atoms with E-state index in [1.807, 2.05) is 6.07 Å². The number of hydrogen-bond donors (Lipinski definition) is 1. The number of nitrogens with zero attached hydrogens (tertiary/aromatic N) is 1. The summed E-state index contributed by atoms with van der Waals surface area (Å²) >= 11 is 5.69. The molecule has 0 saturated carbocycles. The van der Waals surface area contributed by atoms with Gasteiger partial charge in [-0.3, -0.25) is 0 Å². The molecule has 0 aliphatic heterocycles. The Morgan fingerprint density at radius 1 is 1.43 bits per heavy atom. The number of nitrogens with two attached hydrogens (primary N) is 1. The predicted molar refractivity (Wildman–Crippen MR) is 60.3 cm³/mol. The Morgan fingerprint density at radius 2 is 2.21 bits per heavy atom. The minimum atomic E-state index is 0.103. The highest BCUT2D eigenvalue weighted by Gasteiger charge is 2.05. The Kier molecular flexibility index (Phi) is 4.91. The first kappa shape index (κ1) is 11.5. The fourth-order valence-electron chi connectivity index (χ4n) is 1.39. The van der Waals surface area contributed by atoms with Gasteiger partial charge in [-0.25, -0.2) is 4.98 Å². The number of aromatic nitrogens is 1. The first-order valence-corrected chi connectivity index (χ1v) is 5.49. The molecule has 0 fully saturated rings. The molecule has 0 radical (unpaired) electrons. The topological polar surface area (TPSA) is 38.9 Å². The van der Waals surface area contributed by atoms with Gasteiger partial charge >= 0.3 is 0 Å². The highest BCUT2D eigenvalue weighted by molar-refractivity contribution is 6.29. The molecule has 2 N–H and O–H groups in total. The van der Waals surface area contributed by atoms with Crippen LogP contribution in [0.25, 0.3) is 0 Å². The van der Waals surface area contributed by atoms with Crippen LogP contribution in [0.4, 0.5) is 0 Å². The second-order valence-corrected chi connectivity index (χ2v) is 3.90. The normalized spacial score (nSPS) is 12.8. The summed E-state index contributed by atoms with van der Waals surface area (Å²) in [6, 6.07) is 3.84. The summed E-state index contributed by atoms with van der Waals surface area (Å²) in [4.78, 5) is 4.01. The molecule has 1 aromatic rings. The summed E-state index contributed by atoms with van der Waals surface area (Å²) in [5, 5.41) is 0.523. The molecule has 0 aliphatic rings. The van der Waals surface area contributed by atoms with Gasteiger partial charge in [0.1, 0.15) is 5.15 Å². The van der Waals surface area contributed by atoms with Gasteiger partial charge in [0.05, 0.1) is 0 Å². The van der Waals surface area contributed by atoms with E-state index in [2.05, 4.69) is 11.9 Å². The van der Waals surface area contributed by atoms with Crippen molar-refractivity contribution in [3.05, 3.63) is 29.0 Å². The van der Waals surface area contributed by atoms with Crippen molar-refractivity contribution in [3.63, 3.8) is 0 Å². The second kappa shape index (κ2) is 5.99. The van der Waals surface area contributed by atoms with Crippen molar-refractivity contribution < 1.29 is 0 Å². The van der Waals surface area contributed by atoms with Gasteiger partial charge in [-0.2, -0.15) is 0 Å². The number of hydrogen-bond acceptors (Lipinski definition) is 2. The lowest BCUT2D eigenvalue weighted by molar-refractivity contribution is 0.580. The van der Waals surface area contributed by atoms with Crippen molar-refractivity contribution in [1.29, 1.82) is 0 Å². The van der Waals surface area contributed by atoms with Crippen LogP contribution in [-0.2, 0) is 0 Å². The number of halogens is 1. The van der Waals surface area contributed by atoms with Gasteiger partial charge < -0.3 is 5.73 Å². The van der Waals surface area contributed by atoms with Gasteiger partial charge in [0.15, 0.2) is 0 Å². The Morgan fingerprint density at radius 3 is 2.79 bits per heavy atom. The van der Waals surface area contributed by atoms with E-state index in [1.165, 1.54) is 19.3 Å². The molecule has 1 atom stereocenters. The first-order chi connectivity index (χ1) is 6.74. The summed E-state index contributed by atoms with van der Waals surface area (Å²) in [5.41, 5.74) is 7.08. The third-order valence-electron chi connectivity index (χ3n) is 2.30. The summed E-state index contributed by atoms with van der Waals surface area (Å²) in [5.74, 6) is 0. The van der Waals surface area contributed by atoms with Crippen LogP contribution in [0.3, 0.4) is 0 Å². The van der Waals surface area contributed by atoms with Crippen LogP contribution >= 0.6 is 11.6 Å². The molecule has 0 saturated heterocycles. The minimum absolute atomic E-state index is 0.103. The van der Waals surface area contributed by atoms with Crippen molar-refractivity contribution in [2.75, 3.05) is 0 Å². The molecule has 0 aromatic carbocycles.